The van der Waals surface area contributed by atoms with E-state index in [0.29, 0.717) is 29.9 Å². The zero-order valence-corrected chi connectivity index (χ0v) is 51.3. The Balaban J connectivity index is -0.000000141. The highest BCUT2D eigenvalue weighted by Crippen LogP contribution is 2.33. The van der Waals surface area contributed by atoms with Crippen LogP contribution in [0.4, 0.5) is 42.9 Å². The smallest absolute Gasteiger partial charge is 0.410 e. The lowest BCUT2D eigenvalue weighted by molar-refractivity contribution is -0.172. The van der Waals surface area contributed by atoms with E-state index in [1.807, 2.05) is 50.2 Å². The first-order valence-electron chi connectivity index (χ1n) is 41.5. The van der Waals surface area contributed by atoms with Crippen molar-refractivity contribution in [2.24, 2.45) is 5.92 Å². The maximum atomic E-state index is 14.8. The molecule has 2 fully saturated rings. The number of amides is 2. The Bertz CT molecular complexity index is 2900. The third-order valence-corrected chi connectivity index (χ3v) is 13.3. The number of carboxylic acids is 1. The molecule has 2 amide bonds. The zero-order chi connectivity index (χ0) is 90.4. The summed E-state index contributed by atoms with van der Waals surface area (Å²) in [5.41, 5.74) is 0.839. The van der Waals surface area contributed by atoms with E-state index in [4.69, 9.17) is 67.4 Å². The molecule has 2 aliphatic rings. The molecule has 0 unspecified atom stereocenters. The van der Waals surface area contributed by atoms with Crippen LogP contribution in [0.15, 0.2) is 109 Å². The van der Waals surface area contributed by atoms with Crippen molar-refractivity contribution in [3.05, 3.63) is 131 Å². The monoisotopic (exact) mass is 1270 g/mol. The molecule has 4 aromatic carbocycles. The second-order valence-electron chi connectivity index (χ2n) is 24.5. The SMILES string of the molecule is CC(C)C[C@@H](C(=O)O)N(C)C(=O)OC(C)(C)C.CN(C(=O)OC(C)(C)C)[C@@H](CC(C)(C)F)C(=O)O[C@H](Cc1ccc(N2CCC(F)(F)C2)cc1)C(=O)OCc1ccccc1.O=C(OCc1ccccc1)[C@H](O)Cc1ccc(N2CCC(F)(F)C2)cc1.[2HH].[2H][2H].[2H][2H].[2H][2H].[2H][2H].[2H][2H].[2H][2H].[2H][2H].[2H][2H].[2H][2H].[2H][2H].[2H][2H].[2H][2H].[2H][2H]. The fraction of sp³-hybridized carbons (Fsp3) is 0.531. The number of halogens is 5. The topological polar surface area (TPSA) is 202 Å². The van der Waals surface area contributed by atoms with E-state index in [0.717, 1.165) is 26.5 Å². The van der Waals surface area contributed by atoms with E-state index in [2.05, 4.69) is 0 Å². The summed E-state index contributed by atoms with van der Waals surface area (Å²) in [5, 5.41) is 19.1. The average Bonchev–Trinajstić information content (AvgIpc) is 1.78. The third kappa shape index (κ3) is 25.2. The molecular weight excluding hydrogens is 1130 g/mol. The highest BCUT2D eigenvalue weighted by Gasteiger charge is 2.41. The number of hydrogen-bond donors (Lipinski definition) is 2. The standard InChI is InChI=1S/C32H41F3N2O6.C20H21F2NO3.C12H23NO4.14H2/c1-30(2,3)43-29(40)36(6)25(19-31(4,5)33)27(38)42-26(28(39)41-20-23-10-8-7-9-11-23)18-22-12-14-24(15-13-22)37-17-16-32(34,35)21-37;21-20(22)10-11-23(14-20)17-8-6-15(7-9-17)12-18(24)19(25)26-13-16-4-2-1-3-5-16;1-8(2)7-9(10(14)15)13(6)11(16)17-12(3,4)5;;;;;;;;;;;;;;/h7-15,25-26H,16-21H2,1-6H3;1-9,18,24H,10-14H2;8-9H,7H2,1-6H3,(H,14,15);14*1H/t25-,26+;18-;9-;;;;;;;;;;;;;;/m010............../s1/i;;;13*1+1D;1+1. The van der Waals surface area contributed by atoms with Gasteiger partial charge >= 0.3 is 36.1 Å². The molecule has 17 nitrogen and oxygen atoms in total. The van der Waals surface area contributed by atoms with Crippen LogP contribution in [-0.4, -0.2) is 149 Å². The number of carboxylic acid groups (broad SMARTS) is 1. The van der Waals surface area contributed by atoms with Crippen molar-refractivity contribution < 1.29 is 125 Å². The maximum absolute atomic E-state index is 14.8. The summed E-state index contributed by atoms with van der Waals surface area (Å²) in [6, 6.07) is 29.5. The second-order valence-corrected chi connectivity index (χ2v) is 24.5. The lowest BCUT2D eigenvalue weighted by atomic mass is 10.00. The number of nitrogens with zero attached hydrogens (tertiary/aromatic N) is 4. The lowest BCUT2D eigenvalue weighted by Crippen LogP contribution is -2.49. The van der Waals surface area contributed by atoms with Gasteiger partial charge in [-0.3, -0.25) is 9.80 Å². The molecule has 4 atom stereocenters. The van der Waals surface area contributed by atoms with Crippen LogP contribution in [0.1, 0.15) is 157 Å². The molecule has 6 rings (SSSR count). The lowest BCUT2D eigenvalue weighted by Gasteiger charge is -2.32. The van der Waals surface area contributed by atoms with Gasteiger partial charge in [0.15, 0.2) is 6.10 Å². The summed E-state index contributed by atoms with van der Waals surface area (Å²) in [5.74, 6) is -8.73. The van der Waals surface area contributed by atoms with Gasteiger partial charge in [0.2, 0.25) is 6.10 Å². The minimum Gasteiger partial charge on any atom is -0.480 e. The van der Waals surface area contributed by atoms with Gasteiger partial charge in [0.25, 0.3) is 11.8 Å². The van der Waals surface area contributed by atoms with Crippen LogP contribution in [0.3, 0.4) is 0 Å². The molecule has 4 aromatic rings. The third-order valence-electron chi connectivity index (χ3n) is 13.3. The van der Waals surface area contributed by atoms with Gasteiger partial charge in [-0.1, -0.05) is 98.8 Å². The number of carbonyl (C=O) groups is 6. The first kappa shape index (κ1) is 52.8. The molecular formula is C64H113F5N4O13. The summed E-state index contributed by atoms with van der Waals surface area (Å²) in [6.07, 6.45) is -4.52. The summed E-state index contributed by atoms with van der Waals surface area (Å²) < 4.78 is 225. The van der Waals surface area contributed by atoms with E-state index in [9.17, 15) is 55.8 Å². The van der Waals surface area contributed by atoms with Gasteiger partial charge in [0, 0.05) is 111 Å². The normalized spacial score (nSPS) is 17.2. The number of esters is 3. The number of benzene rings is 4. The van der Waals surface area contributed by atoms with E-state index in [1.54, 1.807) is 124 Å². The molecule has 0 aliphatic carbocycles. The molecule has 22 heteroatoms. The second kappa shape index (κ2) is 31.2. The van der Waals surface area contributed by atoms with Crippen molar-refractivity contribution in [3.8, 4) is 0 Å². The summed E-state index contributed by atoms with van der Waals surface area (Å²) >= 11 is 0. The number of ether oxygens (including phenoxy) is 5. The molecule has 502 valence electrons. The molecule has 0 spiro atoms. The number of aliphatic hydroxyl groups is 1. The molecule has 0 bridgehead atoms. The van der Waals surface area contributed by atoms with Crippen molar-refractivity contribution in [2.45, 2.75) is 174 Å². The van der Waals surface area contributed by atoms with E-state index in [-0.39, 0.29) is 65.9 Å². The Morgan fingerprint density at radius 1 is 0.593 bits per heavy atom. The number of aliphatic hydroxyl groups excluding tert-OH is 1. The molecule has 2 saturated heterocycles. The molecule has 0 radical (unpaired) electrons. The van der Waals surface area contributed by atoms with Crippen LogP contribution in [-0.2, 0) is 68.9 Å². The zero-order valence-electron chi connectivity index (χ0n) is 77.3. The van der Waals surface area contributed by atoms with Crippen molar-refractivity contribution in [1.82, 2.24) is 9.80 Å². The molecule has 0 saturated carbocycles. The van der Waals surface area contributed by atoms with Gasteiger partial charge in [-0.05, 0) is 114 Å². The van der Waals surface area contributed by atoms with Crippen LogP contribution in [0.25, 0.3) is 0 Å². The number of carbonyl (C=O) groups excluding carboxylic acids is 5. The van der Waals surface area contributed by atoms with Crippen LogP contribution < -0.4 is 9.80 Å². The summed E-state index contributed by atoms with van der Waals surface area (Å²) in [4.78, 5) is 79.5. The van der Waals surface area contributed by atoms with Gasteiger partial charge < -0.3 is 43.7 Å². The van der Waals surface area contributed by atoms with Gasteiger partial charge in [-0.15, -0.1) is 0 Å². The summed E-state index contributed by atoms with van der Waals surface area (Å²) in [7, 11) is 2.75. The average molecular weight is 1270 g/mol. The molecule has 86 heavy (non-hydrogen) atoms. The minimum atomic E-state index is -2.75. The molecule has 0 aromatic heterocycles. The highest BCUT2D eigenvalue weighted by molar-refractivity contribution is 5.85. The van der Waals surface area contributed by atoms with Gasteiger partial charge in [0.05, 0.1) is 13.1 Å². The van der Waals surface area contributed by atoms with Gasteiger partial charge in [0.1, 0.15) is 42.2 Å². The first-order valence-corrected chi connectivity index (χ1v) is 28.5. The van der Waals surface area contributed by atoms with Crippen LogP contribution in [0, 0.1) is 5.92 Å². The van der Waals surface area contributed by atoms with Crippen LogP contribution >= 0.6 is 0 Å². The van der Waals surface area contributed by atoms with Gasteiger partial charge in [-0.2, -0.15) is 0 Å². The Labute approximate surface area is 543 Å². The van der Waals surface area contributed by atoms with E-state index >= 15 is 0 Å². The first-order chi connectivity index (χ1) is 52.9. The largest absolute Gasteiger partial charge is 0.480 e. The quantitative estimate of drug-likeness (QED) is 0.0453. The van der Waals surface area contributed by atoms with Crippen molar-refractivity contribution in [3.63, 3.8) is 0 Å². The van der Waals surface area contributed by atoms with Crippen LogP contribution in [0.2, 0.25) is 0 Å². The van der Waals surface area contributed by atoms with E-state index in [1.165, 1.54) is 27.9 Å². The predicted octanol–water partition coefficient (Wildman–Crippen LogP) is 15.1. The molecule has 2 heterocycles. The van der Waals surface area contributed by atoms with Crippen molar-refractivity contribution in [2.75, 3.05) is 50.1 Å². The fourth-order valence-electron chi connectivity index (χ4n) is 8.79. The fourth-order valence-corrected chi connectivity index (χ4v) is 8.79. The number of hydrogen-bond acceptors (Lipinski definition) is 14. The minimum absolute atomic E-state index is 0. The maximum Gasteiger partial charge on any atom is 0.410 e. The van der Waals surface area contributed by atoms with Gasteiger partial charge in [-0.25, -0.2) is 50.7 Å². The van der Waals surface area contributed by atoms with Crippen molar-refractivity contribution in [1.29, 1.82) is 0 Å². The number of rotatable bonds is 21. The number of anilines is 2. The molecule has 2 N–H and O–H groups in total. The predicted molar refractivity (Wildman–Crippen MR) is 344 cm³/mol. The van der Waals surface area contributed by atoms with E-state index < -0.39 is 95.5 Å². The number of aliphatic carboxylic acids is 1. The van der Waals surface area contributed by atoms with Crippen molar-refractivity contribution >= 4 is 47.4 Å². The molecule has 2 aliphatic heterocycles. The Hall–Kier alpha value is -7.49. The van der Waals surface area contributed by atoms with Crippen LogP contribution in [0.5, 0.6) is 0 Å². The highest BCUT2D eigenvalue weighted by atomic mass is 19.3. The number of likely N-dealkylation sites (N-methyl/N-ethyl adjacent to an activating group) is 2. The number of alkyl halides is 5. The Morgan fingerprint density at radius 2 is 0.988 bits per heavy atom. The summed E-state index contributed by atoms with van der Waals surface area (Å²) in [6.45, 7) is 16.5. The Morgan fingerprint density at radius 3 is 1.35 bits per heavy atom. The Kier molecular flexibility index (Phi) is 19.2.